The second-order valence-electron chi connectivity index (χ2n) is 16.9. The molecule has 0 radical (unpaired) electrons. The molecule has 312 valence electrons. The lowest BCUT2D eigenvalue weighted by Crippen LogP contribution is -2.47. The maximum absolute atomic E-state index is 15.0. The first-order valence-corrected chi connectivity index (χ1v) is 22.5. The smallest absolute Gasteiger partial charge is 0.286 e. The minimum atomic E-state index is -3.66. The first-order valence-electron chi connectivity index (χ1n) is 20.5. The van der Waals surface area contributed by atoms with Crippen molar-refractivity contribution < 1.29 is 32.7 Å². The number of amides is 2. The van der Waals surface area contributed by atoms with Gasteiger partial charge in [0.1, 0.15) is 26.8 Å². The molecule has 8 rings (SSSR count). The number of morpholine rings is 1. The molecule has 1 aliphatic carbocycles. The minimum absolute atomic E-state index is 0.0459. The zero-order valence-electron chi connectivity index (χ0n) is 34.1. The predicted octanol–water partition coefficient (Wildman–Crippen LogP) is 5.93. The molecule has 0 saturated carbocycles. The number of aromatic nitrogens is 2. The molecule has 15 heteroatoms. The van der Waals surface area contributed by atoms with Crippen molar-refractivity contribution in [3.8, 4) is 11.6 Å². The van der Waals surface area contributed by atoms with E-state index in [2.05, 4.69) is 62.1 Å². The molecule has 13 nitrogen and oxygen atoms in total. The highest BCUT2D eigenvalue weighted by Crippen LogP contribution is 2.54. The average Bonchev–Trinajstić information content (AvgIpc) is 3.47. The van der Waals surface area contributed by atoms with Crippen LogP contribution < -0.4 is 19.1 Å². The third-order valence-electron chi connectivity index (χ3n) is 12.8. The minimum Gasteiger partial charge on any atom is -0.490 e. The zero-order chi connectivity index (χ0) is 40.8. The van der Waals surface area contributed by atoms with Crippen LogP contribution in [0.1, 0.15) is 77.4 Å². The van der Waals surface area contributed by atoms with E-state index in [0.29, 0.717) is 63.8 Å². The average molecular weight is 835 g/mol. The highest BCUT2D eigenvalue weighted by molar-refractivity contribution is 7.92. The molecule has 2 amide bonds. The van der Waals surface area contributed by atoms with Gasteiger partial charge in [0, 0.05) is 62.0 Å². The van der Waals surface area contributed by atoms with Crippen LogP contribution >= 0.6 is 11.6 Å². The number of benzene rings is 2. The molecule has 58 heavy (non-hydrogen) atoms. The van der Waals surface area contributed by atoms with Crippen LogP contribution in [0.2, 0.25) is 5.02 Å². The number of ether oxygens (including phenoxy) is 4. The van der Waals surface area contributed by atoms with Gasteiger partial charge in [-0.1, -0.05) is 50.6 Å². The second-order valence-corrected chi connectivity index (χ2v) is 19.3. The fraction of sp³-hybridized carbons (Fsp3) is 0.558. The first kappa shape index (κ1) is 40.8. The molecule has 0 bridgehead atoms. The van der Waals surface area contributed by atoms with Crippen LogP contribution in [0.15, 0.2) is 53.0 Å². The maximum atomic E-state index is 15.0. The van der Waals surface area contributed by atoms with Crippen LogP contribution in [-0.4, -0.2) is 103 Å². The molecule has 5 aliphatic rings. The van der Waals surface area contributed by atoms with E-state index in [-0.39, 0.29) is 45.9 Å². The molecule has 1 saturated heterocycles. The van der Waals surface area contributed by atoms with E-state index in [4.69, 9.17) is 30.5 Å². The largest absolute Gasteiger partial charge is 0.490 e. The highest BCUT2D eigenvalue weighted by Gasteiger charge is 2.51. The number of carbonyl (C=O) groups excluding carboxylic acids is 2. The third-order valence-corrected chi connectivity index (χ3v) is 15.1. The Morgan fingerprint density at radius 2 is 1.97 bits per heavy atom. The number of nitrogens with one attached hydrogen (secondary N) is 1. The summed E-state index contributed by atoms with van der Waals surface area (Å²) in [5, 5.41) is 4.92. The first-order chi connectivity index (χ1) is 27.8. The molecule has 1 aromatic heterocycles. The van der Waals surface area contributed by atoms with Gasteiger partial charge in [-0.3, -0.25) is 23.9 Å². The van der Waals surface area contributed by atoms with Crippen molar-refractivity contribution in [3.63, 3.8) is 0 Å². The number of anilines is 1. The van der Waals surface area contributed by atoms with Gasteiger partial charge >= 0.3 is 0 Å². The third kappa shape index (κ3) is 7.66. The molecule has 3 aromatic rings. The summed E-state index contributed by atoms with van der Waals surface area (Å²) in [6.07, 6.45) is 9.14. The van der Waals surface area contributed by atoms with Crippen molar-refractivity contribution in [2.45, 2.75) is 57.5 Å². The van der Waals surface area contributed by atoms with Crippen LogP contribution in [0, 0.1) is 17.8 Å². The van der Waals surface area contributed by atoms with Crippen LogP contribution in [0.5, 0.6) is 11.6 Å². The summed E-state index contributed by atoms with van der Waals surface area (Å²) in [5.74, 6) is -0.899. The van der Waals surface area contributed by atoms with E-state index in [1.165, 1.54) is 29.1 Å². The molecule has 4 aliphatic heterocycles. The van der Waals surface area contributed by atoms with E-state index in [0.717, 1.165) is 43.1 Å². The van der Waals surface area contributed by atoms with E-state index < -0.39 is 27.3 Å². The number of hydrogen-bond donors (Lipinski definition) is 1. The SMILES string of the molecule is COc1nn(C)cc1C(=O)NS1(=O)=NC(=O)c2ccc3c4c2[C@@](OCCN2CCOCC2)(/C=C/C[C@H](C)C1)[C@H](C)[C@@H](C)CN4C[C@@]1(CCCc2cc(Cl)ccc21)CO3. The Morgan fingerprint density at radius 3 is 2.76 bits per heavy atom. The molecule has 1 spiro atoms. The Kier molecular flexibility index (Phi) is 11.4. The van der Waals surface area contributed by atoms with Gasteiger partial charge in [0.15, 0.2) is 0 Å². The highest BCUT2D eigenvalue weighted by atomic mass is 35.5. The van der Waals surface area contributed by atoms with Crippen LogP contribution in [0.3, 0.4) is 0 Å². The van der Waals surface area contributed by atoms with Crippen molar-refractivity contribution in [1.82, 2.24) is 19.4 Å². The molecule has 2 aromatic carbocycles. The molecule has 1 unspecified atom stereocenters. The van der Waals surface area contributed by atoms with Gasteiger partial charge in [0.05, 0.1) is 50.5 Å². The molecule has 6 atom stereocenters. The number of carbonyl (C=O) groups is 2. The summed E-state index contributed by atoms with van der Waals surface area (Å²) >= 11 is 6.53. The van der Waals surface area contributed by atoms with E-state index in [1.54, 1.807) is 13.1 Å². The summed E-state index contributed by atoms with van der Waals surface area (Å²) in [5.41, 5.74) is 2.92. The predicted molar refractivity (Wildman–Crippen MR) is 223 cm³/mol. The fourth-order valence-corrected chi connectivity index (χ4v) is 11.9. The van der Waals surface area contributed by atoms with Crippen molar-refractivity contribution in [2.75, 3.05) is 76.9 Å². The van der Waals surface area contributed by atoms with Crippen LogP contribution in [0.25, 0.3) is 0 Å². The molecule has 5 heterocycles. The number of fused-ring (bicyclic) bond motifs is 2. The number of rotatable bonds is 7. The Balaban J connectivity index is 1.29. The van der Waals surface area contributed by atoms with E-state index >= 15 is 0 Å². The van der Waals surface area contributed by atoms with Gasteiger partial charge in [-0.05, 0) is 78.8 Å². The van der Waals surface area contributed by atoms with Gasteiger partial charge in [-0.15, -0.1) is 9.46 Å². The number of methoxy groups -OCH3 is 1. The number of hydrogen-bond acceptors (Lipinski definition) is 10. The van der Waals surface area contributed by atoms with Gasteiger partial charge in [-0.25, -0.2) is 4.21 Å². The fourth-order valence-electron chi connectivity index (χ4n) is 9.79. The monoisotopic (exact) mass is 834 g/mol. The van der Waals surface area contributed by atoms with Crippen LogP contribution in [0.4, 0.5) is 5.69 Å². The summed E-state index contributed by atoms with van der Waals surface area (Å²) < 4.78 is 48.7. The summed E-state index contributed by atoms with van der Waals surface area (Å²) in [4.78, 5) is 33.5. The Hall–Kier alpha value is -3.95. The molecule has 1 N–H and O–H groups in total. The zero-order valence-corrected chi connectivity index (χ0v) is 35.7. The number of allylic oxidation sites excluding steroid dienone is 1. The lowest BCUT2D eigenvalue weighted by molar-refractivity contribution is -0.0747. The van der Waals surface area contributed by atoms with Gasteiger partial charge in [0.2, 0.25) is 5.88 Å². The maximum Gasteiger partial charge on any atom is 0.286 e. The van der Waals surface area contributed by atoms with Crippen molar-refractivity contribution in [1.29, 1.82) is 0 Å². The van der Waals surface area contributed by atoms with Crippen molar-refractivity contribution >= 4 is 39.0 Å². The van der Waals surface area contributed by atoms with Gasteiger partial charge in [0.25, 0.3) is 11.8 Å². The Bertz CT molecular complexity index is 2230. The standard InChI is InChI=1S/C43H55ClN6O7S/c1-28-8-6-15-43(57-21-18-49-16-19-55-20-17-49)30(3)29(2)23-50-26-42(14-7-9-31-22-32(44)10-12-35(31)42)27-56-36-13-11-33(37(43)38(36)50)39(51)46-58(53,25-28)47-40(52)34-24-48(4)45-41(34)54-5/h6,10-13,15,22,24,28-30H,7-9,14,16-21,23,25-27H2,1-5H3,(H,46,47,51,52,53)/b15-6+/t28-,29-,30+,42-,43+,58?/m0/s1. The van der Waals surface area contributed by atoms with E-state index in [9.17, 15) is 13.8 Å². The van der Waals surface area contributed by atoms with E-state index in [1.807, 2.05) is 19.1 Å². The summed E-state index contributed by atoms with van der Waals surface area (Å²) in [6.45, 7) is 12.3. The summed E-state index contributed by atoms with van der Waals surface area (Å²) in [6, 6.07) is 9.83. The van der Waals surface area contributed by atoms with Gasteiger partial charge in [-0.2, -0.15) is 0 Å². The molecular formula is C43H55ClN6O7S. The van der Waals surface area contributed by atoms with Crippen molar-refractivity contribution in [2.24, 2.45) is 29.2 Å². The molecule has 1 fully saturated rings. The normalized spacial score (nSPS) is 30.4. The molecular weight excluding hydrogens is 780 g/mol. The quantitative estimate of drug-likeness (QED) is 0.285. The number of aryl methyl sites for hydroxylation is 2. The lowest BCUT2D eigenvalue weighted by Gasteiger charge is -2.41. The van der Waals surface area contributed by atoms with Gasteiger partial charge < -0.3 is 23.8 Å². The Labute approximate surface area is 346 Å². The number of halogens is 1. The van der Waals surface area contributed by atoms with Crippen LogP contribution in [-0.2, 0) is 43.9 Å². The second kappa shape index (κ2) is 16.2. The lowest BCUT2D eigenvalue weighted by atomic mass is 9.70. The Morgan fingerprint density at radius 1 is 1.16 bits per heavy atom. The number of nitrogens with zero attached hydrogens (tertiary/aromatic N) is 5. The topological polar surface area (TPSA) is 137 Å². The summed E-state index contributed by atoms with van der Waals surface area (Å²) in [7, 11) is -0.587. The van der Waals surface area contributed by atoms with Crippen molar-refractivity contribution in [3.05, 3.63) is 81.5 Å².